The number of aryl methyl sites for hydroxylation is 1. The summed E-state index contributed by atoms with van der Waals surface area (Å²) in [7, 11) is -3.36. The molecule has 0 saturated carbocycles. The highest BCUT2D eigenvalue weighted by atomic mass is 32.2. The summed E-state index contributed by atoms with van der Waals surface area (Å²) in [6.07, 6.45) is 1.86. The van der Waals surface area contributed by atoms with Crippen LogP contribution in [0.2, 0.25) is 0 Å². The van der Waals surface area contributed by atoms with Crippen molar-refractivity contribution in [3.05, 3.63) is 29.8 Å². The molecule has 0 aromatic heterocycles. The molecule has 0 heterocycles. The molecule has 1 unspecified atom stereocenters. The zero-order valence-corrected chi connectivity index (χ0v) is 10.7. The summed E-state index contributed by atoms with van der Waals surface area (Å²) in [5, 5.41) is -0.115. The van der Waals surface area contributed by atoms with Crippen LogP contribution < -0.4 is 4.72 Å². The molecule has 0 fully saturated rings. The summed E-state index contributed by atoms with van der Waals surface area (Å²) < 4.78 is 26.2. The minimum Gasteiger partial charge on any atom is -0.207 e. The van der Waals surface area contributed by atoms with Gasteiger partial charge in [0.25, 0.3) is 0 Å². The van der Waals surface area contributed by atoms with Crippen LogP contribution in [-0.2, 0) is 10.0 Å². The summed E-state index contributed by atoms with van der Waals surface area (Å²) in [4.78, 5) is 0.314. The van der Waals surface area contributed by atoms with Crippen LogP contribution in [0.1, 0.15) is 12.5 Å². The van der Waals surface area contributed by atoms with E-state index in [9.17, 15) is 8.42 Å². The molecule has 1 rings (SSSR count). The molecule has 1 aromatic carbocycles. The third-order valence-electron chi connectivity index (χ3n) is 2.01. The number of hydrogen-bond acceptors (Lipinski definition) is 3. The van der Waals surface area contributed by atoms with Crippen molar-refractivity contribution in [2.45, 2.75) is 24.1 Å². The van der Waals surface area contributed by atoms with Crippen LogP contribution in [0.4, 0.5) is 0 Å². The van der Waals surface area contributed by atoms with Gasteiger partial charge in [0.15, 0.2) is 0 Å². The fourth-order valence-corrected chi connectivity index (χ4v) is 2.88. The molecule has 5 heteroatoms. The summed E-state index contributed by atoms with van der Waals surface area (Å²) in [5.74, 6) is 0. The number of nitrogens with one attached hydrogen (secondary N) is 1. The van der Waals surface area contributed by atoms with E-state index >= 15 is 0 Å². The zero-order chi connectivity index (χ0) is 11.5. The smallest absolute Gasteiger partial charge is 0.207 e. The Balaban J connectivity index is 2.91. The van der Waals surface area contributed by atoms with Gasteiger partial charge in [0.05, 0.1) is 10.3 Å². The van der Waals surface area contributed by atoms with E-state index in [1.807, 2.05) is 20.1 Å². The van der Waals surface area contributed by atoms with Crippen LogP contribution in [-0.4, -0.2) is 20.0 Å². The quantitative estimate of drug-likeness (QED) is 0.825. The van der Waals surface area contributed by atoms with Crippen molar-refractivity contribution in [1.29, 1.82) is 0 Å². The van der Waals surface area contributed by atoms with Crippen LogP contribution in [0.3, 0.4) is 0 Å². The Labute approximate surface area is 95.3 Å². The number of benzene rings is 1. The van der Waals surface area contributed by atoms with E-state index in [2.05, 4.69) is 4.72 Å². The second-order valence-corrected chi connectivity index (χ2v) is 6.20. The molecule has 0 aliphatic rings. The molecule has 0 bridgehead atoms. The predicted octanol–water partition coefficient (Wildman–Crippen LogP) is 1.98. The van der Waals surface area contributed by atoms with Crippen LogP contribution in [0.15, 0.2) is 29.2 Å². The summed E-state index contributed by atoms with van der Waals surface area (Å²) in [6.45, 7) is 3.74. The lowest BCUT2D eigenvalue weighted by atomic mass is 10.2. The number of rotatable bonds is 4. The van der Waals surface area contributed by atoms with Gasteiger partial charge in [-0.15, -0.1) is 11.8 Å². The lowest BCUT2D eigenvalue weighted by Crippen LogP contribution is -2.30. The van der Waals surface area contributed by atoms with Gasteiger partial charge in [0.1, 0.15) is 0 Å². The molecule has 0 spiro atoms. The summed E-state index contributed by atoms with van der Waals surface area (Å²) in [6, 6.07) is 6.81. The van der Waals surface area contributed by atoms with Crippen LogP contribution in [0.5, 0.6) is 0 Å². The fourth-order valence-electron chi connectivity index (χ4n) is 1.05. The molecular formula is C10H15NO2S2. The second kappa shape index (κ2) is 5.01. The minimum absolute atomic E-state index is 0.115. The Kier molecular flexibility index (Phi) is 4.19. The maximum absolute atomic E-state index is 11.8. The van der Waals surface area contributed by atoms with Gasteiger partial charge < -0.3 is 0 Å². The highest BCUT2D eigenvalue weighted by molar-refractivity contribution is 8.00. The van der Waals surface area contributed by atoms with Gasteiger partial charge >= 0.3 is 0 Å². The third kappa shape index (κ3) is 3.52. The Morgan fingerprint density at radius 1 is 1.27 bits per heavy atom. The van der Waals surface area contributed by atoms with Gasteiger partial charge in [-0.05, 0) is 32.2 Å². The molecule has 0 aliphatic carbocycles. The Bertz CT molecular complexity index is 412. The van der Waals surface area contributed by atoms with E-state index in [1.54, 1.807) is 24.3 Å². The summed E-state index contributed by atoms with van der Waals surface area (Å²) >= 11 is 1.46. The molecule has 1 N–H and O–H groups in total. The van der Waals surface area contributed by atoms with Crippen LogP contribution in [0.25, 0.3) is 0 Å². The molecule has 0 radical (unpaired) electrons. The lowest BCUT2D eigenvalue weighted by Gasteiger charge is -2.11. The maximum Gasteiger partial charge on any atom is 0.241 e. The number of thioether (sulfide) groups is 1. The predicted molar refractivity (Wildman–Crippen MR) is 64.5 cm³/mol. The Hall–Kier alpha value is -0.520. The molecule has 0 aliphatic heterocycles. The van der Waals surface area contributed by atoms with Crippen molar-refractivity contribution in [3.63, 3.8) is 0 Å². The molecule has 84 valence electrons. The molecule has 0 saturated heterocycles. The maximum atomic E-state index is 11.8. The Morgan fingerprint density at radius 2 is 1.80 bits per heavy atom. The van der Waals surface area contributed by atoms with E-state index in [-0.39, 0.29) is 5.37 Å². The average Bonchev–Trinajstić information content (AvgIpc) is 2.17. The fraction of sp³-hybridized carbons (Fsp3) is 0.400. The second-order valence-electron chi connectivity index (χ2n) is 3.31. The summed E-state index contributed by atoms with van der Waals surface area (Å²) in [5.41, 5.74) is 1.05. The first-order valence-electron chi connectivity index (χ1n) is 4.57. The molecule has 1 aromatic rings. The van der Waals surface area contributed by atoms with Gasteiger partial charge in [-0.25, -0.2) is 8.42 Å². The normalized spacial score (nSPS) is 13.8. The zero-order valence-electron chi connectivity index (χ0n) is 9.02. The van der Waals surface area contributed by atoms with Gasteiger partial charge in [0.2, 0.25) is 10.0 Å². The van der Waals surface area contributed by atoms with Crippen molar-refractivity contribution in [3.8, 4) is 0 Å². The first-order valence-corrected chi connectivity index (χ1v) is 7.34. The first kappa shape index (κ1) is 12.5. The van der Waals surface area contributed by atoms with Crippen LogP contribution >= 0.6 is 11.8 Å². The largest absolute Gasteiger partial charge is 0.241 e. The highest BCUT2D eigenvalue weighted by Gasteiger charge is 2.15. The van der Waals surface area contributed by atoms with Gasteiger partial charge in [-0.1, -0.05) is 17.7 Å². The SMILES string of the molecule is CSC(C)NS(=O)(=O)c1ccc(C)cc1. The average molecular weight is 245 g/mol. The topological polar surface area (TPSA) is 46.2 Å². The Morgan fingerprint density at radius 3 is 2.27 bits per heavy atom. The van der Waals surface area contributed by atoms with Gasteiger partial charge in [-0.3, -0.25) is 0 Å². The first-order chi connectivity index (χ1) is 6.95. The molecule has 0 amide bonds. The molecule has 1 atom stereocenters. The van der Waals surface area contributed by atoms with E-state index < -0.39 is 10.0 Å². The van der Waals surface area contributed by atoms with Crippen molar-refractivity contribution in [2.75, 3.05) is 6.26 Å². The monoisotopic (exact) mass is 245 g/mol. The molecule has 3 nitrogen and oxygen atoms in total. The molecule has 15 heavy (non-hydrogen) atoms. The van der Waals surface area contributed by atoms with Crippen molar-refractivity contribution in [1.82, 2.24) is 4.72 Å². The van der Waals surface area contributed by atoms with Gasteiger partial charge in [-0.2, -0.15) is 4.72 Å². The van der Waals surface area contributed by atoms with E-state index in [0.717, 1.165) is 5.56 Å². The minimum atomic E-state index is -3.36. The van der Waals surface area contributed by atoms with E-state index in [0.29, 0.717) is 4.90 Å². The highest BCUT2D eigenvalue weighted by Crippen LogP contribution is 2.12. The van der Waals surface area contributed by atoms with E-state index in [4.69, 9.17) is 0 Å². The van der Waals surface area contributed by atoms with Crippen molar-refractivity contribution >= 4 is 21.8 Å². The van der Waals surface area contributed by atoms with Crippen molar-refractivity contribution < 1.29 is 8.42 Å². The number of hydrogen-bond donors (Lipinski definition) is 1. The van der Waals surface area contributed by atoms with E-state index in [1.165, 1.54) is 11.8 Å². The van der Waals surface area contributed by atoms with Crippen molar-refractivity contribution in [2.24, 2.45) is 0 Å². The van der Waals surface area contributed by atoms with Gasteiger partial charge in [0, 0.05) is 0 Å². The lowest BCUT2D eigenvalue weighted by molar-refractivity contribution is 0.581. The molecular weight excluding hydrogens is 230 g/mol. The third-order valence-corrected chi connectivity index (χ3v) is 4.54. The standard InChI is InChI=1S/C10H15NO2S2/c1-8-4-6-10(7-5-8)15(12,13)11-9(2)14-3/h4-7,9,11H,1-3H3. The van der Waals surface area contributed by atoms with Crippen LogP contribution in [0, 0.1) is 6.92 Å². The number of sulfonamides is 1.